The maximum Gasteiger partial charge on any atom is 0.343 e. The average molecular weight is 482 g/mol. The van der Waals surface area contributed by atoms with Crippen molar-refractivity contribution in [2.24, 2.45) is 5.10 Å². The second-order valence-electron chi connectivity index (χ2n) is 7.12. The number of rotatable bonds is 9. The van der Waals surface area contributed by atoms with Crippen LogP contribution in [-0.2, 0) is 14.8 Å². The van der Waals surface area contributed by atoms with Crippen LogP contribution < -0.4 is 19.6 Å². The molecule has 10 heteroatoms. The summed E-state index contributed by atoms with van der Waals surface area (Å²) in [6, 6.07) is 19.3. The van der Waals surface area contributed by atoms with Crippen molar-refractivity contribution in [1.29, 1.82) is 0 Å². The normalized spacial score (nSPS) is 11.2. The van der Waals surface area contributed by atoms with Crippen LogP contribution in [0.2, 0.25) is 0 Å². The second-order valence-corrected chi connectivity index (χ2v) is 8.88. The van der Waals surface area contributed by atoms with E-state index in [0.717, 1.165) is 5.56 Å². The summed E-state index contributed by atoms with van der Waals surface area (Å²) in [6.45, 7) is 1.38. The molecule has 3 rings (SSSR count). The molecular weight excluding hydrogens is 458 g/mol. The summed E-state index contributed by atoms with van der Waals surface area (Å²) in [4.78, 5) is 24.2. The molecule has 2 N–H and O–H groups in total. The molecule has 34 heavy (non-hydrogen) atoms. The predicted molar refractivity (Wildman–Crippen MR) is 126 cm³/mol. The van der Waals surface area contributed by atoms with Gasteiger partial charge in [0.2, 0.25) is 10.0 Å². The average Bonchev–Trinajstić information content (AvgIpc) is 2.84. The van der Waals surface area contributed by atoms with Crippen molar-refractivity contribution in [2.45, 2.75) is 11.8 Å². The number of hydrogen-bond acceptors (Lipinski definition) is 7. The molecule has 3 aromatic carbocycles. The molecule has 0 aliphatic carbocycles. The Morgan fingerprint density at radius 1 is 0.912 bits per heavy atom. The fourth-order valence-electron chi connectivity index (χ4n) is 2.69. The van der Waals surface area contributed by atoms with Crippen molar-refractivity contribution in [2.75, 3.05) is 13.7 Å². The van der Waals surface area contributed by atoms with E-state index in [1.165, 1.54) is 25.5 Å². The minimum atomic E-state index is -3.80. The highest BCUT2D eigenvalue weighted by Gasteiger charge is 2.15. The number of hydrogen-bond donors (Lipinski definition) is 2. The summed E-state index contributed by atoms with van der Waals surface area (Å²) in [5.41, 5.74) is 4.19. The molecule has 0 saturated carbocycles. The van der Waals surface area contributed by atoms with Gasteiger partial charge in [0, 0.05) is 0 Å². The third-order valence-corrected chi connectivity index (χ3v) is 5.99. The van der Waals surface area contributed by atoms with Crippen LogP contribution in [0.5, 0.6) is 11.5 Å². The van der Waals surface area contributed by atoms with Crippen LogP contribution in [0.1, 0.15) is 21.5 Å². The number of carbonyl (C=O) groups is 2. The third-order valence-electron chi connectivity index (χ3n) is 4.57. The molecule has 0 heterocycles. The summed E-state index contributed by atoms with van der Waals surface area (Å²) in [6.07, 6.45) is 1.38. The number of nitrogens with one attached hydrogen (secondary N) is 2. The van der Waals surface area contributed by atoms with Gasteiger partial charge in [0.1, 0.15) is 11.5 Å². The molecule has 0 aromatic heterocycles. The molecule has 0 fully saturated rings. The van der Waals surface area contributed by atoms with E-state index in [9.17, 15) is 18.0 Å². The number of ether oxygens (including phenoxy) is 2. The van der Waals surface area contributed by atoms with Crippen LogP contribution in [0.3, 0.4) is 0 Å². The first kappa shape index (κ1) is 24.6. The molecule has 1 amide bonds. The number of nitrogens with zero attached hydrogens (tertiary/aromatic N) is 1. The van der Waals surface area contributed by atoms with E-state index in [1.54, 1.807) is 60.7 Å². The largest absolute Gasteiger partial charge is 0.497 e. The Hall–Kier alpha value is -4.02. The first-order chi connectivity index (χ1) is 16.3. The summed E-state index contributed by atoms with van der Waals surface area (Å²) in [7, 11) is -2.26. The number of amides is 1. The molecule has 9 nitrogen and oxygen atoms in total. The standard InChI is InChI=1S/C24H23N3O6S/c1-17-3-13-22(14-4-17)34(30,31)26-16-23(28)27-25-15-18-5-9-21(10-6-18)33-24(29)19-7-11-20(32-2)12-8-19/h3-15,26H,16H2,1-2H3,(H,27,28)/b25-15-. The molecule has 0 aliphatic heterocycles. The third kappa shape index (κ3) is 6.99. The molecule has 0 radical (unpaired) electrons. The van der Waals surface area contributed by atoms with Crippen molar-refractivity contribution < 1.29 is 27.5 Å². The van der Waals surface area contributed by atoms with E-state index in [2.05, 4.69) is 15.2 Å². The van der Waals surface area contributed by atoms with E-state index >= 15 is 0 Å². The highest BCUT2D eigenvalue weighted by molar-refractivity contribution is 7.89. The van der Waals surface area contributed by atoms with E-state index in [4.69, 9.17) is 9.47 Å². The van der Waals surface area contributed by atoms with Gasteiger partial charge in [-0.2, -0.15) is 5.10 Å². The lowest BCUT2D eigenvalue weighted by molar-refractivity contribution is -0.119. The first-order valence-electron chi connectivity index (χ1n) is 10.1. The topological polar surface area (TPSA) is 123 Å². The molecule has 0 saturated heterocycles. The van der Waals surface area contributed by atoms with Gasteiger partial charge in [-0.3, -0.25) is 4.79 Å². The van der Waals surface area contributed by atoms with Gasteiger partial charge in [0.15, 0.2) is 0 Å². The zero-order valence-corrected chi connectivity index (χ0v) is 19.3. The van der Waals surface area contributed by atoms with Crippen molar-refractivity contribution >= 4 is 28.1 Å². The van der Waals surface area contributed by atoms with Crippen LogP contribution in [0.15, 0.2) is 82.8 Å². The van der Waals surface area contributed by atoms with Gasteiger partial charge in [-0.1, -0.05) is 17.7 Å². The van der Waals surface area contributed by atoms with Crippen LogP contribution in [0, 0.1) is 6.92 Å². The quantitative estimate of drug-likeness (QED) is 0.210. The smallest absolute Gasteiger partial charge is 0.343 e. The van der Waals surface area contributed by atoms with Crippen molar-refractivity contribution in [3.63, 3.8) is 0 Å². The molecule has 0 bridgehead atoms. The van der Waals surface area contributed by atoms with Gasteiger partial charge >= 0.3 is 5.97 Å². The second kappa shape index (κ2) is 11.2. The van der Waals surface area contributed by atoms with E-state index in [1.807, 2.05) is 6.92 Å². The number of hydrazone groups is 1. The monoisotopic (exact) mass is 481 g/mol. The number of methoxy groups -OCH3 is 1. The molecular formula is C24H23N3O6S. The van der Waals surface area contributed by atoms with Crippen LogP contribution in [0.25, 0.3) is 0 Å². The first-order valence-corrected chi connectivity index (χ1v) is 11.6. The summed E-state index contributed by atoms with van der Waals surface area (Å²) >= 11 is 0. The number of sulfonamides is 1. The van der Waals surface area contributed by atoms with E-state index in [0.29, 0.717) is 22.6 Å². The highest BCUT2D eigenvalue weighted by Crippen LogP contribution is 2.16. The van der Waals surface area contributed by atoms with Crippen molar-refractivity contribution in [3.05, 3.63) is 89.5 Å². The number of benzene rings is 3. The summed E-state index contributed by atoms with van der Waals surface area (Å²) in [5.74, 6) is -0.162. The van der Waals surface area contributed by atoms with E-state index < -0.39 is 28.4 Å². The van der Waals surface area contributed by atoms with Crippen LogP contribution >= 0.6 is 0 Å². The van der Waals surface area contributed by atoms with Gasteiger partial charge in [0.25, 0.3) is 5.91 Å². The van der Waals surface area contributed by atoms with Crippen LogP contribution in [0.4, 0.5) is 0 Å². The zero-order chi connectivity index (χ0) is 24.6. The Bertz CT molecular complexity index is 1270. The van der Waals surface area contributed by atoms with Gasteiger partial charge in [-0.25, -0.2) is 23.4 Å². The fourth-order valence-corrected chi connectivity index (χ4v) is 3.68. The molecule has 0 atom stereocenters. The minimum Gasteiger partial charge on any atom is -0.497 e. The van der Waals surface area contributed by atoms with E-state index in [-0.39, 0.29) is 4.90 Å². The van der Waals surface area contributed by atoms with Crippen molar-refractivity contribution in [1.82, 2.24) is 10.1 Å². The fraction of sp³-hybridized carbons (Fsp3) is 0.125. The SMILES string of the molecule is COc1ccc(C(=O)Oc2ccc(/C=N\NC(=O)CNS(=O)(=O)c3ccc(C)cc3)cc2)cc1. The van der Waals surface area contributed by atoms with Gasteiger partial charge in [-0.15, -0.1) is 0 Å². The molecule has 0 aliphatic rings. The Balaban J connectivity index is 1.47. The Kier molecular flexibility index (Phi) is 8.12. The molecule has 0 unspecified atom stereocenters. The Morgan fingerprint density at radius 2 is 1.53 bits per heavy atom. The van der Waals surface area contributed by atoms with Gasteiger partial charge in [-0.05, 0) is 73.2 Å². The summed E-state index contributed by atoms with van der Waals surface area (Å²) < 4.78 is 37.0. The van der Waals surface area contributed by atoms with Crippen LogP contribution in [-0.4, -0.2) is 40.2 Å². The Morgan fingerprint density at radius 3 is 2.15 bits per heavy atom. The number of carbonyl (C=O) groups excluding carboxylic acids is 2. The lowest BCUT2D eigenvalue weighted by atomic mass is 10.2. The maximum atomic E-state index is 12.2. The zero-order valence-electron chi connectivity index (χ0n) is 18.5. The Labute approximate surface area is 197 Å². The van der Waals surface area contributed by atoms with Gasteiger partial charge < -0.3 is 9.47 Å². The van der Waals surface area contributed by atoms with Gasteiger partial charge in [0.05, 0.1) is 30.3 Å². The molecule has 3 aromatic rings. The lowest BCUT2D eigenvalue weighted by Crippen LogP contribution is -2.34. The number of aryl methyl sites for hydroxylation is 1. The highest BCUT2D eigenvalue weighted by atomic mass is 32.2. The molecule has 176 valence electrons. The predicted octanol–water partition coefficient (Wildman–Crippen LogP) is 2.65. The number of esters is 1. The van der Waals surface area contributed by atoms with Crippen molar-refractivity contribution in [3.8, 4) is 11.5 Å². The lowest BCUT2D eigenvalue weighted by Gasteiger charge is -2.06. The minimum absolute atomic E-state index is 0.0715. The summed E-state index contributed by atoms with van der Waals surface area (Å²) in [5, 5.41) is 3.80. The maximum absolute atomic E-state index is 12.2. The molecule has 0 spiro atoms.